The Morgan fingerprint density at radius 2 is 1.73 bits per heavy atom. The van der Waals surface area contributed by atoms with E-state index in [9.17, 15) is 40.7 Å². The lowest BCUT2D eigenvalue weighted by molar-refractivity contribution is -0.180. The largest absolute Gasteiger partial charge is 0.471 e. The van der Waals surface area contributed by atoms with Crippen LogP contribution in [0.15, 0.2) is 41.3 Å². The second kappa shape index (κ2) is 7.85. The van der Waals surface area contributed by atoms with E-state index in [2.05, 4.69) is 0 Å². The molecule has 13 heteroatoms. The molecule has 2 aliphatic rings. The Morgan fingerprint density at radius 1 is 1.10 bits per heavy atom. The van der Waals surface area contributed by atoms with Crippen LogP contribution >= 0.6 is 11.8 Å². The van der Waals surface area contributed by atoms with Gasteiger partial charge in [0.15, 0.2) is 6.04 Å². The van der Waals surface area contributed by atoms with Crippen LogP contribution in [0.4, 0.5) is 26.3 Å². The van der Waals surface area contributed by atoms with Gasteiger partial charge in [0.25, 0.3) is 0 Å². The van der Waals surface area contributed by atoms with Crippen molar-refractivity contribution in [3.63, 3.8) is 0 Å². The summed E-state index contributed by atoms with van der Waals surface area (Å²) in [5, 5.41) is 0.672. The third-order valence-corrected chi connectivity index (χ3v) is 5.47. The Hall–Kier alpha value is -2.70. The van der Waals surface area contributed by atoms with Crippen LogP contribution in [0.2, 0.25) is 0 Å². The van der Waals surface area contributed by atoms with Crippen molar-refractivity contribution in [2.75, 3.05) is 0 Å². The van der Waals surface area contributed by atoms with E-state index in [0.717, 1.165) is 0 Å². The molecule has 0 saturated carbocycles. The number of alkyl halides is 6. The maximum absolute atomic E-state index is 13.4. The van der Waals surface area contributed by atoms with Crippen LogP contribution in [0.3, 0.4) is 0 Å². The fourth-order valence-electron chi connectivity index (χ4n) is 2.89. The lowest BCUT2D eigenvalue weighted by Gasteiger charge is -2.51. The van der Waals surface area contributed by atoms with Gasteiger partial charge in [0.2, 0.25) is 5.91 Å². The number of thioether (sulfide) groups is 1. The average molecular weight is 454 g/mol. The number of hydrogen-bond acceptors (Lipinski definition) is 5. The first-order valence-electron chi connectivity index (χ1n) is 8.24. The molecule has 1 fully saturated rings. The molecule has 1 N–H and O–H groups in total. The molecule has 162 valence electrons. The van der Waals surface area contributed by atoms with Crippen molar-refractivity contribution in [3.8, 4) is 0 Å². The van der Waals surface area contributed by atoms with Crippen molar-refractivity contribution in [2.45, 2.75) is 36.4 Å². The number of esters is 1. The molecule has 6 nitrogen and oxygen atoms in total. The summed E-state index contributed by atoms with van der Waals surface area (Å²) in [4.78, 5) is 36.2. The van der Waals surface area contributed by atoms with Crippen molar-refractivity contribution in [1.29, 1.82) is 0 Å². The molecular weight excluding hydrogens is 442 g/mol. The third kappa shape index (κ3) is 4.25. The van der Waals surface area contributed by atoms with E-state index < -0.39 is 53.2 Å². The zero-order chi connectivity index (χ0) is 22.3. The summed E-state index contributed by atoms with van der Waals surface area (Å²) in [6.45, 7) is -0.366. The molecule has 0 radical (unpaired) electrons. The number of fused-ring (bicyclic) bond motifs is 1. The van der Waals surface area contributed by atoms with Crippen LogP contribution in [-0.2, 0) is 25.7 Å². The van der Waals surface area contributed by atoms with Crippen LogP contribution in [0.5, 0.6) is 0 Å². The Balaban J connectivity index is 1.80. The first-order chi connectivity index (χ1) is 13.9. The molecule has 30 heavy (non-hydrogen) atoms. The molecule has 2 unspecified atom stereocenters. The normalized spacial score (nSPS) is 23.8. The summed E-state index contributed by atoms with van der Waals surface area (Å²) in [5.74, 6) is -5.04. The standard InChI is InChI=1S/C17H12F6N2O4S/c18-16(19,20)9-7-30-13-10(24-15(28)17(21,22)23)12(26)25(13)11(9)14(27)29-6-8-4-2-1-3-5-8/h1-5,7,10-11,13H,6H2,(H,24,28)/t10-,11?,13?/m1/s1. The highest BCUT2D eigenvalue weighted by atomic mass is 32.2. The van der Waals surface area contributed by atoms with Crippen LogP contribution in [0.25, 0.3) is 0 Å². The van der Waals surface area contributed by atoms with Crippen molar-refractivity contribution >= 4 is 29.5 Å². The molecule has 3 rings (SSSR count). The predicted molar refractivity (Wildman–Crippen MR) is 90.4 cm³/mol. The lowest BCUT2D eigenvalue weighted by Crippen LogP contribution is -2.75. The molecule has 0 spiro atoms. The SMILES string of the molecule is O=C(OCc1ccccc1)C1C(C(F)(F)F)=CSC2[C@H](NC(=O)C(F)(F)F)C(=O)N12. The van der Waals surface area contributed by atoms with E-state index in [0.29, 0.717) is 27.6 Å². The highest BCUT2D eigenvalue weighted by Crippen LogP contribution is 2.45. The van der Waals surface area contributed by atoms with Gasteiger partial charge in [-0.3, -0.25) is 9.59 Å². The van der Waals surface area contributed by atoms with E-state index in [1.165, 1.54) is 5.32 Å². The molecule has 1 aromatic carbocycles. The number of hydrogen-bond donors (Lipinski definition) is 1. The molecule has 0 bridgehead atoms. The maximum Gasteiger partial charge on any atom is 0.471 e. The zero-order valence-electron chi connectivity index (χ0n) is 14.7. The number of carbonyl (C=O) groups excluding carboxylic acids is 3. The first kappa shape index (κ1) is 22.0. The van der Waals surface area contributed by atoms with Gasteiger partial charge in [-0.1, -0.05) is 30.3 Å². The van der Waals surface area contributed by atoms with Crippen LogP contribution in [0, 0.1) is 0 Å². The smallest absolute Gasteiger partial charge is 0.459 e. The molecular formula is C17H12F6N2O4S. The summed E-state index contributed by atoms with van der Waals surface area (Å²) < 4.78 is 82.3. The van der Waals surface area contributed by atoms with Crippen LogP contribution < -0.4 is 5.32 Å². The molecule has 2 amide bonds. The molecule has 1 aromatic rings. The quantitative estimate of drug-likeness (QED) is 0.430. The minimum atomic E-state index is -5.28. The van der Waals surface area contributed by atoms with Gasteiger partial charge in [0.1, 0.15) is 18.0 Å². The molecule has 2 aliphatic heterocycles. The highest BCUT2D eigenvalue weighted by Gasteiger charge is 2.61. The van der Waals surface area contributed by atoms with E-state index in [1.54, 1.807) is 30.3 Å². The molecule has 1 saturated heterocycles. The summed E-state index contributed by atoms with van der Waals surface area (Å²) in [6.07, 6.45) is -10.3. The van der Waals surface area contributed by atoms with Gasteiger partial charge in [0, 0.05) is 0 Å². The van der Waals surface area contributed by atoms with E-state index in [4.69, 9.17) is 4.74 Å². The number of halogens is 6. The Bertz CT molecular complexity index is 886. The number of rotatable bonds is 4. The van der Waals surface area contributed by atoms with Gasteiger partial charge in [0.05, 0.1) is 5.57 Å². The summed E-state index contributed by atoms with van der Waals surface area (Å²) in [7, 11) is 0. The van der Waals surface area contributed by atoms with Crippen molar-refractivity contribution in [2.24, 2.45) is 0 Å². The maximum atomic E-state index is 13.4. The van der Waals surface area contributed by atoms with Gasteiger partial charge >= 0.3 is 24.2 Å². The summed E-state index contributed by atoms with van der Waals surface area (Å²) in [6, 6.07) is 4.11. The number of nitrogens with zero attached hydrogens (tertiary/aromatic N) is 1. The number of benzene rings is 1. The van der Waals surface area contributed by atoms with E-state index in [1.807, 2.05) is 0 Å². The van der Waals surface area contributed by atoms with Gasteiger partial charge in [-0.2, -0.15) is 26.3 Å². The summed E-state index contributed by atoms with van der Waals surface area (Å²) >= 11 is 0.381. The Morgan fingerprint density at radius 3 is 2.30 bits per heavy atom. The van der Waals surface area contributed by atoms with E-state index in [-0.39, 0.29) is 6.61 Å². The molecule has 3 atom stereocenters. The number of nitrogens with one attached hydrogen (secondary N) is 1. The van der Waals surface area contributed by atoms with Crippen LogP contribution in [0.1, 0.15) is 5.56 Å². The van der Waals surface area contributed by atoms with Crippen molar-refractivity contribution in [3.05, 3.63) is 46.9 Å². The molecule has 0 aromatic heterocycles. The van der Waals surface area contributed by atoms with Crippen molar-refractivity contribution < 1.29 is 45.5 Å². The highest BCUT2D eigenvalue weighted by molar-refractivity contribution is 8.03. The number of amides is 2. The summed E-state index contributed by atoms with van der Waals surface area (Å²) in [5.41, 5.74) is -0.897. The van der Waals surface area contributed by atoms with Gasteiger partial charge in [-0.05, 0) is 11.0 Å². The zero-order valence-corrected chi connectivity index (χ0v) is 15.5. The minimum Gasteiger partial charge on any atom is -0.459 e. The van der Waals surface area contributed by atoms with Crippen molar-refractivity contribution in [1.82, 2.24) is 10.2 Å². The fourth-order valence-corrected chi connectivity index (χ4v) is 4.14. The fraction of sp³-hybridized carbons (Fsp3) is 0.353. The topological polar surface area (TPSA) is 75.7 Å². The first-order valence-corrected chi connectivity index (χ1v) is 9.18. The van der Waals surface area contributed by atoms with Gasteiger partial charge < -0.3 is 15.0 Å². The number of carbonyl (C=O) groups is 3. The second-order valence-corrected chi connectivity index (χ2v) is 7.28. The average Bonchev–Trinajstić information content (AvgIpc) is 2.67. The number of β-lactam (4-membered cyclic amide) rings is 1. The third-order valence-electron chi connectivity index (χ3n) is 4.31. The minimum absolute atomic E-state index is 0.366. The Labute approximate surface area is 169 Å². The second-order valence-electron chi connectivity index (χ2n) is 6.29. The monoisotopic (exact) mass is 454 g/mol. The molecule has 2 heterocycles. The number of ether oxygens (including phenoxy) is 1. The van der Waals surface area contributed by atoms with E-state index >= 15 is 0 Å². The van der Waals surface area contributed by atoms with Gasteiger partial charge in [-0.15, -0.1) is 11.8 Å². The Kier molecular flexibility index (Phi) is 5.76. The predicted octanol–water partition coefficient (Wildman–Crippen LogP) is 2.51. The lowest BCUT2D eigenvalue weighted by atomic mass is 9.97. The van der Waals surface area contributed by atoms with Gasteiger partial charge in [-0.25, -0.2) is 4.79 Å². The molecule has 0 aliphatic carbocycles. The van der Waals surface area contributed by atoms with Crippen LogP contribution in [-0.4, -0.2) is 52.5 Å².